The maximum Gasteiger partial charge on any atom is 0.262 e. The smallest absolute Gasteiger partial charge is 0.262 e. The number of hydrogen-bond acceptors (Lipinski definition) is 4. The molecule has 1 heterocycles. The highest BCUT2D eigenvalue weighted by atomic mass is 35.7. The number of nitrogens with one attached hydrogen (secondary N) is 1. The number of carbonyl (C=O) groups excluding carboxylic acids is 1. The van der Waals surface area contributed by atoms with Crippen molar-refractivity contribution in [3.05, 3.63) is 15.8 Å². The van der Waals surface area contributed by atoms with Crippen LogP contribution in [0.1, 0.15) is 40.2 Å². The number of hydrogen-bond donors (Lipinski definition) is 1. The fourth-order valence-electron chi connectivity index (χ4n) is 2.75. The summed E-state index contributed by atoms with van der Waals surface area (Å²) in [4.78, 5) is 13.1. The molecule has 0 saturated heterocycles. The van der Waals surface area contributed by atoms with E-state index in [2.05, 4.69) is 5.32 Å². The van der Waals surface area contributed by atoms with Crippen LogP contribution >= 0.6 is 22.0 Å². The van der Waals surface area contributed by atoms with Crippen LogP contribution in [0.5, 0.6) is 0 Å². The van der Waals surface area contributed by atoms with Crippen molar-refractivity contribution in [2.45, 2.75) is 37.5 Å². The number of carbonyl (C=O) groups is 1. The lowest BCUT2D eigenvalue weighted by atomic mass is 10.0. The van der Waals surface area contributed by atoms with Crippen LogP contribution in [0.4, 0.5) is 0 Å². The van der Waals surface area contributed by atoms with Gasteiger partial charge in [-0.1, -0.05) is 0 Å². The third kappa shape index (κ3) is 2.73. The summed E-state index contributed by atoms with van der Waals surface area (Å²) in [7, 11) is 1.56. The molecule has 1 aromatic heterocycles. The van der Waals surface area contributed by atoms with Gasteiger partial charge in [-0.05, 0) is 50.0 Å². The topological polar surface area (TPSA) is 63.2 Å². The van der Waals surface area contributed by atoms with Gasteiger partial charge in [0.2, 0.25) is 0 Å². The van der Waals surface area contributed by atoms with Crippen molar-refractivity contribution in [3.8, 4) is 0 Å². The molecule has 2 fully saturated rings. The molecule has 3 rings (SSSR count). The zero-order chi connectivity index (χ0) is 14.5. The van der Waals surface area contributed by atoms with Crippen LogP contribution < -0.4 is 5.32 Å². The molecule has 1 N–H and O–H groups in total. The van der Waals surface area contributed by atoms with Gasteiger partial charge in [-0.2, -0.15) is 0 Å². The summed E-state index contributed by atoms with van der Waals surface area (Å²) in [6.07, 6.45) is 4.96. The van der Waals surface area contributed by atoms with Crippen molar-refractivity contribution in [1.29, 1.82) is 0 Å². The van der Waals surface area contributed by atoms with E-state index >= 15 is 0 Å². The van der Waals surface area contributed by atoms with Gasteiger partial charge >= 0.3 is 0 Å². The highest BCUT2D eigenvalue weighted by molar-refractivity contribution is 8.13. The maximum atomic E-state index is 12.1. The van der Waals surface area contributed by atoms with Crippen molar-refractivity contribution in [2.24, 2.45) is 11.3 Å². The normalized spacial score (nSPS) is 20.7. The Kier molecular flexibility index (Phi) is 3.38. The zero-order valence-corrected chi connectivity index (χ0v) is 13.5. The molecule has 0 atom stereocenters. The Hall–Kier alpha value is -0.590. The lowest BCUT2D eigenvalue weighted by molar-refractivity contribution is 0.0946. The van der Waals surface area contributed by atoms with Gasteiger partial charge in [-0.25, -0.2) is 8.42 Å². The van der Waals surface area contributed by atoms with E-state index in [1.54, 1.807) is 6.92 Å². The fourth-order valence-corrected chi connectivity index (χ4v) is 5.33. The highest BCUT2D eigenvalue weighted by Gasteiger charge is 2.53. The van der Waals surface area contributed by atoms with Crippen LogP contribution in [0.15, 0.2) is 11.0 Å². The number of rotatable bonds is 5. The molecule has 0 aliphatic heterocycles. The molecule has 20 heavy (non-hydrogen) atoms. The summed E-state index contributed by atoms with van der Waals surface area (Å²) < 4.78 is 22.7. The molecule has 2 saturated carbocycles. The second kappa shape index (κ2) is 4.71. The van der Waals surface area contributed by atoms with Crippen LogP contribution in [0.2, 0.25) is 0 Å². The van der Waals surface area contributed by atoms with E-state index in [0.717, 1.165) is 5.92 Å². The van der Waals surface area contributed by atoms with E-state index in [-0.39, 0.29) is 10.8 Å². The first-order chi connectivity index (χ1) is 9.32. The van der Waals surface area contributed by atoms with Gasteiger partial charge in [0.05, 0.1) is 9.77 Å². The Bertz CT molecular complexity index is 657. The minimum absolute atomic E-state index is 0.0395. The van der Waals surface area contributed by atoms with Crippen LogP contribution in [0.3, 0.4) is 0 Å². The SMILES string of the molecule is Cc1sc(C(=O)NCC2(C3CC3)CC2)cc1S(=O)(=O)Cl. The summed E-state index contributed by atoms with van der Waals surface area (Å²) in [5.74, 6) is 0.586. The Morgan fingerprint density at radius 2 is 2.15 bits per heavy atom. The first kappa shape index (κ1) is 14.4. The van der Waals surface area contributed by atoms with Crippen molar-refractivity contribution < 1.29 is 13.2 Å². The van der Waals surface area contributed by atoms with Crippen LogP contribution in [0, 0.1) is 18.3 Å². The van der Waals surface area contributed by atoms with Crippen LogP contribution in [-0.4, -0.2) is 20.9 Å². The van der Waals surface area contributed by atoms with Gasteiger partial charge in [-0.3, -0.25) is 4.79 Å². The first-order valence-electron chi connectivity index (χ1n) is 6.65. The Morgan fingerprint density at radius 3 is 2.60 bits per heavy atom. The third-order valence-corrected chi connectivity index (χ3v) is 6.92. The van der Waals surface area contributed by atoms with Crippen molar-refractivity contribution in [1.82, 2.24) is 5.32 Å². The number of thiophene rings is 1. The Morgan fingerprint density at radius 1 is 1.50 bits per heavy atom. The van der Waals surface area contributed by atoms with E-state index in [9.17, 15) is 13.2 Å². The minimum Gasteiger partial charge on any atom is -0.351 e. The lowest BCUT2D eigenvalue weighted by Crippen LogP contribution is -2.30. The summed E-state index contributed by atoms with van der Waals surface area (Å²) in [6, 6.07) is 1.37. The fraction of sp³-hybridized carbons (Fsp3) is 0.615. The molecule has 1 aromatic rings. The lowest BCUT2D eigenvalue weighted by Gasteiger charge is -2.14. The molecule has 2 aliphatic carbocycles. The standard InChI is InChI=1S/C13H16ClNO3S2/c1-8-11(20(14,17)18)6-10(19-8)12(16)15-7-13(4-5-13)9-2-3-9/h6,9H,2-5,7H2,1H3,(H,15,16). The van der Waals surface area contributed by atoms with Gasteiger partial charge in [0.15, 0.2) is 0 Å². The molecule has 0 bridgehead atoms. The number of amides is 1. The van der Waals surface area contributed by atoms with Gasteiger partial charge in [0.1, 0.15) is 0 Å². The molecule has 1 amide bonds. The second-order valence-electron chi connectivity index (χ2n) is 5.79. The van der Waals surface area contributed by atoms with E-state index in [0.29, 0.717) is 21.7 Å². The van der Waals surface area contributed by atoms with Crippen molar-refractivity contribution in [2.75, 3.05) is 6.54 Å². The molecule has 0 radical (unpaired) electrons. The van der Waals surface area contributed by atoms with Gasteiger partial charge in [-0.15, -0.1) is 11.3 Å². The van der Waals surface area contributed by atoms with Gasteiger partial charge in [0.25, 0.3) is 15.0 Å². The quantitative estimate of drug-likeness (QED) is 0.843. The minimum atomic E-state index is -3.78. The predicted molar refractivity (Wildman–Crippen MR) is 78.8 cm³/mol. The summed E-state index contributed by atoms with van der Waals surface area (Å²) in [5, 5.41) is 2.95. The van der Waals surface area contributed by atoms with Crippen molar-refractivity contribution >= 4 is 37.0 Å². The maximum absolute atomic E-state index is 12.1. The summed E-state index contributed by atoms with van der Waals surface area (Å²) in [6.45, 7) is 2.36. The molecular formula is C13H16ClNO3S2. The summed E-state index contributed by atoms with van der Waals surface area (Å²) >= 11 is 1.17. The van der Waals surface area contributed by atoms with Crippen LogP contribution in [-0.2, 0) is 9.05 Å². The third-order valence-electron chi connectivity index (χ3n) is 4.30. The molecule has 4 nitrogen and oxygen atoms in total. The molecule has 2 aliphatic rings. The molecule has 0 aromatic carbocycles. The van der Waals surface area contributed by atoms with E-state index < -0.39 is 9.05 Å². The Balaban J connectivity index is 1.68. The van der Waals surface area contributed by atoms with Gasteiger partial charge in [0, 0.05) is 22.1 Å². The Labute approximate surface area is 126 Å². The molecule has 110 valence electrons. The average Bonchev–Trinajstić information content (AvgIpc) is 3.22. The molecule has 0 spiro atoms. The van der Waals surface area contributed by atoms with Crippen molar-refractivity contribution in [3.63, 3.8) is 0 Å². The molecular weight excluding hydrogens is 318 g/mol. The predicted octanol–water partition coefficient (Wildman–Crippen LogP) is 2.90. The van der Waals surface area contributed by atoms with E-state index in [1.165, 1.54) is 43.1 Å². The zero-order valence-electron chi connectivity index (χ0n) is 11.1. The van der Waals surface area contributed by atoms with Gasteiger partial charge < -0.3 is 5.32 Å². The highest BCUT2D eigenvalue weighted by Crippen LogP contribution is 2.60. The second-order valence-corrected chi connectivity index (χ2v) is 9.58. The molecule has 0 unspecified atom stereocenters. The average molecular weight is 334 g/mol. The number of aryl methyl sites for hydroxylation is 1. The monoisotopic (exact) mass is 333 g/mol. The summed E-state index contributed by atoms with van der Waals surface area (Å²) in [5.41, 5.74) is 0.337. The first-order valence-corrected chi connectivity index (χ1v) is 9.78. The van der Waals surface area contributed by atoms with E-state index in [4.69, 9.17) is 10.7 Å². The number of halogens is 1. The van der Waals surface area contributed by atoms with Crippen LogP contribution in [0.25, 0.3) is 0 Å². The largest absolute Gasteiger partial charge is 0.351 e. The van der Waals surface area contributed by atoms with E-state index in [1.807, 2.05) is 0 Å². The molecule has 7 heteroatoms.